The number of hydrogen-bond donors (Lipinski definition) is 0. The molecule has 1 fully saturated rings. The van der Waals surface area contributed by atoms with Crippen LogP contribution in [0.3, 0.4) is 0 Å². The van der Waals surface area contributed by atoms with Crippen molar-refractivity contribution < 1.29 is 19.1 Å². The van der Waals surface area contributed by atoms with Crippen molar-refractivity contribution in [2.24, 2.45) is 11.8 Å². The summed E-state index contributed by atoms with van der Waals surface area (Å²) in [5, 5.41) is 0. The fourth-order valence-electron chi connectivity index (χ4n) is 2.27. The molecule has 2 bridgehead atoms. The van der Waals surface area contributed by atoms with Gasteiger partial charge in [-0.1, -0.05) is 34.7 Å². The van der Waals surface area contributed by atoms with E-state index in [1.165, 1.54) is 12.0 Å². The van der Waals surface area contributed by atoms with Crippen molar-refractivity contribution in [3.63, 3.8) is 0 Å². The first kappa shape index (κ1) is 13.4. The van der Waals surface area contributed by atoms with Crippen molar-refractivity contribution in [2.45, 2.75) is 16.6 Å². The first-order valence-corrected chi connectivity index (χ1v) is 6.84. The van der Waals surface area contributed by atoms with Gasteiger partial charge in [-0.05, 0) is 6.42 Å². The minimum absolute atomic E-state index is 0.0225. The Morgan fingerprint density at radius 1 is 1.72 bits per heavy atom. The first-order valence-electron chi connectivity index (χ1n) is 5.60. The predicted molar refractivity (Wildman–Crippen MR) is 72.9 cm³/mol. The maximum atomic E-state index is 11.9. The standard InChI is InChI=1S/C12H14INO4/c1-3-4-8-7-5-6-14(12(16)17-2)10(9(7)13)18-11(8)15/h3,5-10H,1,4H2,2H3/t7-,8?,9?,10+/m0/s1. The van der Waals surface area contributed by atoms with Crippen LogP contribution in [0, 0.1) is 11.8 Å². The summed E-state index contributed by atoms with van der Waals surface area (Å²) in [5.41, 5.74) is 0. The van der Waals surface area contributed by atoms with E-state index in [1.54, 1.807) is 12.3 Å². The van der Waals surface area contributed by atoms with E-state index in [9.17, 15) is 9.59 Å². The maximum Gasteiger partial charge on any atom is 0.416 e. The Kier molecular flexibility index (Phi) is 3.94. The number of rotatable bonds is 2. The van der Waals surface area contributed by atoms with E-state index in [2.05, 4.69) is 33.9 Å². The van der Waals surface area contributed by atoms with Crippen LogP contribution in [0.1, 0.15) is 6.42 Å². The quantitative estimate of drug-likeness (QED) is 0.326. The fraction of sp³-hybridized carbons (Fsp3) is 0.500. The number of hydrogen-bond acceptors (Lipinski definition) is 4. The Morgan fingerprint density at radius 3 is 3.06 bits per heavy atom. The van der Waals surface area contributed by atoms with Crippen molar-refractivity contribution in [3.8, 4) is 0 Å². The second kappa shape index (κ2) is 5.29. The van der Waals surface area contributed by atoms with Crippen molar-refractivity contribution >= 4 is 34.7 Å². The minimum atomic E-state index is -0.582. The molecule has 0 aromatic heterocycles. The molecule has 6 heteroatoms. The van der Waals surface area contributed by atoms with E-state index >= 15 is 0 Å². The number of carbonyl (C=O) groups excluding carboxylic acids is 2. The van der Waals surface area contributed by atoms with Gasteiger partial charge in [0.25, 0.3) is 0 Å². The molecule has 2 heterocycles. The highest BCUT2D eigenvalue weighted by atomic mass is 127. The second-order valence-corrected chi connectivity index (χ2v) is 5.64. The molecule has 2 aliphatic rings. The number of alkyl halides is 1. The number of esters is 1. The van der Waals surface area contributed by atoms with Gasteiger partial charge in [0.15, 0.2) is 6.23 Å². The lowest BCUT2D eigenvalue weighted by atomic mass is 9.82. The SMILES string of the molecule is C=CCC1C(=O)O[C@@H]2C(I)[C@H]1C=CN2C(=O)OC. The lowest BCUT2D eigenvalue weighted by Gasteiger charge is -2.44. The third-order valence-electron chi connectivity index (χ3n) is 3.19. The van der Waals surface area contributed by atoms with Gasteiger partial charge in [0.05, 0.1) is 17.0 Å². The summed E-state index contributed by atoms with van der Waals surface area (Å²) in [7, 11) is 1.30. The van der Waals surface area contributed by atoms with Crippen molar-refractivity contribution in [1.82, 2.24) is 4.90 Å². The van der Waals surface area contributed by atoms with Gasteiger partial charge >= 0.3 is 12.1 Å². The largest absolute Gasteiger partial charge is 0.452 e. The summed E-state index contributed by atoms with van der Waals surface area (Å²) in [4.78, 5) is 24.8. The second-order valence-electron chi connectivity index (χ2n) is 4.20. The zero-order valence-electron chi connectivity index (χ0n) is 9.91. The van der Waals surface area contributed by atoms with Crippen LogP contribution in [-0.4, -0.2) is 34.2 Å². The van der Waals surface area contributed by atoms with Crippen LogP contribution in [-0.2, 0) is 14.3 Å². The average molecular weight is 363 g/mol. The highest BCUT2D eigenvalue weighted by molar-refractivity contribution is 14.1. The van der Waals surface area contributed by atoms with Crippen LogP contribution < -0.4 is 0 Å². The summed E-state index contributed by atoms with van der Waals surface area (Å²) in [6, 6.07) is 0. The molecule has 0 saturated carbocycles. The molecule has 1 amide bonds. The normalized spacial score (nSPS) is 33.9. The van der Waals surface area contributed by atoms with E-state index < -0.39 is 12.3 Å². The van der Waals surface area contributed by atoms with Crippen molar-refractivity contribution in [3.05, 3.63) is 24.9 Å². The molecule has 18 heavy (non-hydrogen) atoms. The molecule has 0 spiro atoms. The molecule has 0 N–H and O–H groups in total. The maximum absolute atomic E-state index is 11.9. The predicted octanol–water partition coefficient (Wildman–Crippen LogP) is 2.08. The van der Waals surface area contributed by atoms with Crippen LogP contribution in [0.5, 0.6) is 0 Å². The highest BCUT2D eigenvalue weighted by Gasteiger charge is 2.48. The van der Waals surface area contributed by atoms with Gasteiger partial charge in [-0.3, -0.25) is 4.79 Å². The van der Waals surface area contributed by atoms with E-state index in [4.69, 9.17) is 4.74 Å². The number of ether oxygens (including phenoxy) is 2. The van der Waals surface area contributed by atoms with Gasteiger partial charge in [0.2, 0.25) is 0 Å². The monoisotopic (exact) mass is 363 g/mol. The van der Waals surface area contributed by atoms with E-state index in [0.717, 1.165) is 0 Å². The Morgan fingerprint density at radius 2 is 2.44 bits per heavy atom. The summed E-state index contributed by atoms with van der Waals surface area (Å²) in [6.45, 7) is 3.66. The van der Waals surface area contributed by atoms with Gasteiger partial charge < -0.3 is 9.47 Å². The number of methoxy groups -OCH3 is 1. The zero-order chi connectivity index (χ0) is 13.3. The molecular weight excluding hydrogens is 349 g/mol. The molecule has 2 aliphatic heterocycles. The molecule has 4 atom stereocenters. The third-order valence-corrected chi connectivity index (χ3v) is 4.64. The summed E-state index contributed by atoms with van der Waals surface area (Å²) >= 11 is 2.21. The molecule has 1 saturated heterocycles. The molecular formula is C12H14INO4. The van der Waals surface area contributed by atoms with Gasteiger partial charge in [0.1, 0.15) is 0 Å². The van der Waals surface area contributed by atoms with Crippen LogP contribution >= 0.6 is 22.6 Å². The molecule has 0 aromatic rings. The molecule has 0 aromatic carbocycles. The van der Waals surface area contributed by atoms with Gasteiger partial charge in [0, 0.05) is 12.1 Å². The lowest BCUT2D eigenvalue weighted by Crippen LogP contribution is -2.56. The van der Waals surface area contributed by atoms with E-state index in [-0.39, 0.29) is 21.7 Å². The van der Waals surface area contributed by atoms with Crippen LogP contribution in [0.2, 0.25) is 0 Å². The Hall–Kier alpha value is -1.05. The van der Waals surface area contributed by atoms with Gasteiger partial charge in [-0.2, -0.15) is 0 Å². The first-order chi connectivity index (χ1) is 8.60. The number of nitrogens with zero attached hydrogens (tertiary/aromatic N) is 1. The number of amides is 1. The van der Waals surface area contributed by atoms with E-state index in [0.29, 0.717) is 6.42 Å². The fourth-order valence-corrected chi connectivity index (χ4v) is 3.51. The zero-order valence-corrected chi connectivity index (χ0v) is 12.1. The Bertz CT molecular complexity index is 409. The van der Waals surface area contributed by atoms with Gasteiger partial charge in [-0.25, -0.2) is 9.69 Å². The van der Waals surface area contributed by atoms with Crippen LogP contribution in [0.4, 0.5) is 4.79 Å². The molecule has 98 valence electrons. The smallest absolute Gasteiger partial charge is 0.416 e. The number of fused-ring (bicyclic) bond motifs is 2. The summed E-state index contributed by atoms with van der Waals surface area (Å²) in [5.74, 6) is -0.427. The van der Waals surface area contributed by atoms with Crippen molar-refractivity contribution in [1.29, 1.82) is 0 Å². The molecule has 5 nitrogen and oxygen atoms in total. The summed E-state index contributed by atoms with van der Waals surface area (Å²) in [6.07, 6.45) is 4.71. The molecule has 0 aliphatic carbocycles. The lowest BCUT2D eigenvalue weighted by molar-refractivity contribution is -0.171. The van der Waals surface area contributed by atoms with Gasteiger partial charge in [-0.15, -0.1) is 6.58 Å². The van der Waals surface area contributed by atoms with E-state index in [1.807, 2.05) is 6.08 Å². The molecule has 0 radical (unpaired) electrons. The highest BCUT2D eigenvalue weighted by Crippen LogP contribution is 2.40. The molecule has 2 unspecified atom stereocenters. The number of allylic oxidation sites excluding steroid dienone is 2. The Labute approximate surface area is 119 Å². The average Bonchev–Trinajstić information content (AvgIpc) is 2.35. The topological polar surface area (TPSA) is 55.8 Å². The van der Waals surface area contributed by atoms with Crippen LogP contribution in [0.25, 0.3) is 0 Å². The number of carbonyl (C=O) groups is 2. The number of halogens is 1. The van der Waals surface area contributed by atoms with Crippen LogP contribution in [0.15, 0.2) is 24.9 Å². The molecule has 2 rings (SSSR count). The summed E-state index contributed by atoms with van der Waals surface area (Å²) < 4.78 is 10.0. The Balaban J connectivity index is 2.28. The minimum Gasteiger partial charge on any atom is -0.452 e. The third kappa shape index (κ3) is 2.13. The van der Waals surface area contributed by atoms with Crippen molar-refractivity contribution in [2.75, 3.05) is 7.11 Å².